The van der Waals surface area contributed by atoms with Crippen molar-refractivity contribution in [2.75, 3.05) is 36.4 Å². The molecule has 1 aliphatic rings. The Hall–Kier alpha value is -3.25. The van der Waals surface area contributed by atoms with Crippen LogP contribution in [0.25, 0.3) is 11.3 Å². The number of nitrogens with zero attached hydrogens (tertiary/aromatic N) is 2. The van der Waals surface area contributed by atoms with Crippen LogP contribution >= 0.6 is 11.6 Å². The standard InChI is InChI=1S/C24H24ClN3O3/c1-2-23(29)28-14-12-27(13-15-28)20-9-4-3-8-19(20)26-24(30)22-11-10-21(31-22)17-6-5-7-18(25)16-17/h3-11,16H,2,12-15H2,1H3,(H,26,30). The van der Waals surface area contributed by atoms with Gasteiger partial charge < -0.3 is 19.5 Å². The number of anilines is 2. The largest absolute Gasteiger partial charge is 0.451 e. The lowest BCUT2D eigenvalue weighted by Gasteiger charge is -2.36. The molecule has 1 aromatic heterocycles. The molecular weight excluding hydrogens is 414 g/mol. The van der Waals surface area contributed by atoms with Crippen LogP contribution in [-0.4, -0.2) is 42.9 Å². The van der Waals surface area contributed by atoms with E-state index in [9.17, 15) is 9.59 Å². The molecule has 2 aromatic carbocycles. The van der Waals surface area contributed by atoms with E-state index >= 15 is 0 Å². The quantitative estimate of drug-likeness (QED) is 0.615. The van der Waals surface area contributed by atoms with Crippen LogP contribution in [0.2, 0.25) is 5.02 Å². The minimum absolute atomic E-state index is 0.176. The highest BCUT2D eigenvalue weighted by Crippen LogP contribution is 2.29. The lowest BCUT2D eigenvalue weighted by molar-refractivity contribution is -0.131. The molecule has 1 N–H and O–H groups in total. The molecule has 0 atom stereocenters. The van der Waals surface area contributed by atoms with Crippen LogP contribution in [0, 0.1) is 0 Å². The lowest BCUT2D eigenvalue weighted by atomic mass is 10.2. The summed E-state index contributed by atoms with van der Waals surface area (Å²) in [6.07, 6.45) is 0.521. The second kappa shape index (κ2) is 9.27. The molecule has 160 valence electrons. The van der Waals surface area contributed by atoms with Gasteiger partial charge in [0.15, 0.2) is 5.76 Å². The van der Waals surface area contributed by atoms with Crippen LogP contribution in [0.3, 0.4) is 0 Å². The zero-order valence-electron chi connectivity index (χ0n) is 17.3. The maximum Gasteiger partial charge on any atom is 0.291 e. The summed E-state index contributed by atoms with van der Waals surface area (Å²) in [5.74, 6) is 0.663. The van der Waals surface area contributed by atoms with E-state index in [-0.39, 0.29) is 17.6 Å². The average Bonchev–Trinajstić information content (AvgIpc) is 3.30. The smallest absolute Gasteiger partial charge is 0.291 e. The van der Waals surface area contributed by atoms with E-state index < -0.39 is 0 Å². The predicted octanol–water partition coefficient (Wildman–Crippen LogP) is 4.91. The number of carbonyl (C=O) groups is 2. The highest BCUT2D eigenvalue weighted by molar-refractivity contribution is 6.30. The summed E-state index contributed by atoms with van der Waals surface area (Å²) in [6.45, 7) is 4.68. The zero-order chi connectivity index (χ0) is 21.8. The van der Waals surface area contributed by atoms with E-state index in [2.05, 4.69) is 10.2 Å². The normalized spacial score (nSPS) is 13.9. The first kappa shape index (κ1) is 21.0. The zero-order valence-corrected chi connectivity index (χ0v) is 18.1. The van der Waals surface area contributed by atoms with E-state index in [4.69, 9.17) is 16.0 Å². The molecule has 31 heavy (non-hydrogen) atoms. The third-order valence-electron chi connectivity index (χ3n) is 5.37. The van der Waals surface area contributed by atoms with Crippen LogP contribution in [0.15, 0.2) is 65.1 Å². The van der Waals surface area contributed by atoms with E-state index in [0.29, 0.717) is 36.0 Å². The van der Waals surface area contributed by atoms with Crippen LogP contribution < -0.4 is 10.2 Å². The van der Waals surface area contributed by atoms with Gasteiger partial charge in [0.05, 0.1) is 11.4 Å². The summed E-state index contributed by atoms with van der Waals surface area (Å²) in [7, 11) is 0. The van der Waals surface area contributed by atoms with Crippen molar-refractivity contribution in [2.45, 2.75) is 13.3 Å². The van der Waals surface area contributed by atoms with Crippen molar-refractivity contribution in [3.63, 3.8) is 0 Å². The van der Waals surface area contributed by atoms with Gasteiger partial charge in [-0.3, -0.25) is 9.59 Å². The van der Waals surface area contributed by atoms with Gasteiger partial charge in [-0.25, -0.2) is 0 Å². The van der Waals surface area contributed by atoms with Crippen LogP contribution in [0.5, 0.6) is 0 Å². The number of furan rings is 1. The SMILES string of the molecule is CCC(=O)N1CCN(c2ccccc2NC(=O)c2ccc(-c3cccc(Cl)c3)o2)CC1. The highest BCUT2D eigenvalue weighted by Gasteiger charge is 2.22. The Morgan fingerprint density at radius 2 is 1.77 bits per heavy atom. The lowest BCUT2D eigenvalue weighted by Crippen LogP contribution is -2.48. The molecular formula is C24H24ClN3O3. The molecule has 0 saturated carbocycles. The first-order valence-corrected chi connectivity index (χ1v) is 10.7. The Balaban J connectivity index is 1.47. The number of hydrogen-bond acceptors (Lipinski definition) is 4. The number of hydrogen-bond donors (Lipinski definition) is 1. The van der Waals surface area contributed by atoms with Gasteiger partial charge in [-0.15, -0.1) is 0 Å². The molecule has 1 saturated heterocycles. The number of halogens is 1. The average molecular weight is 438 g/mol. The van der Waals surface area contributed by atoms with Crippen LogP contribution in [0.1, 0.15) is 23.9 Å². The van der Waals surface area contributed by atoms with Gasteiger partial charge in [0.1, 0.15) is 5.76 Å². The van der Waals surface area contributed by atoms with Gasteiger partial charge in [-0.2, -0.15) is 0 Å². The Labute approximate surface area is 186 Å². The van der Waals surface area contributed by atoms with Crippen molar-refractivity contribution in [1.29, 1.82) is 0 Å². The number of piperazine rings is 1. The third kappa shape index (κ3) is 4.75. The number of rotatable bonds is 5. The molecule has 0 unspecified atom stereocenters. The molecule has 2 amide bonds. The third-order valence-corrected chi connectivity index (χ3v) is 5.60. The fraction of sp³-hybridized carbons (Fsp3) is 0.250. The molecule has 6 nitrogen and oxygen atoms in total. The highest BCUT2D eigenvalue weighted by atomic mass is 35.5. The summed E-state index contributed by atoms with van der Waals surface area (Å²) in [5.41, 5.74) is 2.45. The maximum absolute atomic E-state index is 12.8. The second-order valence-corrected chi connectivity index (χ2v) is 7.80. The van der Waals surface area contributed by atoms with Gasteiger partial charge in [-0.1, -0.05) is 42.8 Å². The fourth-order valence-corrected chi connectivity index (χ4v) is 3.91. The Kier molecular flexibility index (Phi) is 6.28. The van der Waals surface area contributed by atoms with Gasteiger partial charge in [0.25, 0.3) is 5.91 Å². The number of para-hydroxylation sites is 2. The van der Waals surface area contributed by atoms with Crippen molar-refractivity contribution in [3.05, 3.63) is 71.4 Å². The van der Waals surface area contributed by atoms with Crippen molar-refractivity contribution >= 4 is 34.8 Å². The molecule has 3 aromatic rings. The summed E-state index contributed by atoms with van der Waals surface area (Å²) in [5, 5.41) is 3.57. The minimum atomic E-state index is -0.319. The van der Waals surface area contributed by atoms with E-state index in [1.165, 1.54) is 0 Å². The summed E-state index contributed by atoms with van der Waals surface area (Å²) in [6, 6.07) is 18.4. The maximum atomic E-state index is 12.8. The molecule has 2 heterocycles. The summed E-state index contributed by atoms with van der Waals surface area (Å²) in [4.78, 5) is 28.8. The van der Waals surface area contributed by atoms with E-state index in [1.54, 1.807) is 24.3 Å². The summed E-state index contributed by atoms with van der Waals surface area (Å²) < 4.78 is 5.77. The van der Waals surface area contributed by atoms with Gasteiger partial charge in [0.2, 0.25) is 5.91 Å². The topological polar surface area (TPSA) is 65.8 Å². The molecule has 4 rings (SSSR count). The number of carbonyl (C=O) groups excluding carboxylic acids is 2. The molecule has 0 spiro atoms. The van der Waals surface area contributed by atoms with E-state index in [0.717, 1.165) is 24.3 Å². The minimum Gasteiger partial charge on any atom is -0.451 e. The second-order valence-electron chi connectivity index (χ2n) is 7.37. The molecule has 1 fully saturated rings. The van der Waals surface area contributed by atoms with Gasteiger partial charge in [-0.05, 0) is 36.4 Å². The number of nitrogens with one attached hydrogen (secondary N) is 1. The first-order valence-electron chi connectivity index (χ1n) is 10.3. The van der Waals surface area contributed by atoms with Crippen LogP contribution in [-0.2, 0) is 4.79 Å². The van der Waals surface area contributed by atoms with Gasteiger partial charge >= 0.3 is 0 Å². The first-order chi connectivity index (χ1) is 15.0. The van der Waals surface area contributed by atoms with Gasteiger partial charge in [0, 0.05) is 43.2 Å². The summed E-state index contributed by atoms with van der Waals surface area (Å²) >= 11 is 6.05. The molecule has 1 aliphatic heterocycles. The number of benzene rings is 2. The molecule has 7 heteroatoms. The van der Waals surface area contributed by atoms with Crippen molar-refractivity contribution in [3.8, 4) is 11.3 Å². The van der Waals surface area contributed by atoms with Crippen LogP contribution in [0.4, 0.5) is 11.4 Å². The monoisotopic (exact) mass is 437 g/mol. The Bertz CT molecular complexity index is 1090. The van der Waals surface area contributed by atoms with Crippen molar-refractivity contribution in [1.82, 2.24) is 4.90 Å². The molecule has 0 aliphatic carbocycles. The predicted molar refractivity (Wildman–Crippen MR) is 123 cm³/mol. The molecule has 0 radical (unpaired) electrons. The Morgan fingerprint density at radius 3 is 2.52 bits per heavy atom. The van der Waals surface area contributed by atoms with E-state index in [1.807, 2.05) is 48.2 Å². The van der Waals surface area contributed by atoms with Crippen molar-refractivity contribution < 1.29 is 14.0 Å². The fourth-order valence-electron chi connectivity index (χ4n) is 3.72. The Morgan fingerprint density at radius 1 is 1.00 bits per heavy atom. The number of amides is 2. The molecule has 0 bridgehead atoms. The van der Waals surface area contributed by atoms with Crippen molar-refractivity contribution in [2.24, 2.45) is 0 Å².